The smallest absolute Gasteiger partial charge is 0.146 e. The van der Waals surface area contributed by atoms with Crippen molar-refractivity contribution in [1.82, 2.24) is 4.98 Å². The highest BCUT2D eigenvalue weighted by molar-refractivity contribution is 9.10. The van der Waals surface area contributed by atoms with E-state index in [1.54, 1.807) is 0 Å². The molecule has 2 N–H and O–H groups in total. The van der Waals surface area contributed by atoms with Crippen LogP contribution in [0.3, 0.4) is 0 Å². The number of aromatic nitrogens is 1. The van der Waals surface area contributed by atoms with Gasteiger partial charge in [0, 0.05) is 21.8 Å². The Hall–Kier alpha value is -1.40. The summed E-state index contributed by atoms with van der Waals surface area (Å²) in [4.78, 5) is 3.55. The third-order valence-electron chi connectivity index (χ3n) is 2.49. The highest BCUT2D eigenvalue weighted by atomic mass is 79.9. The second-order valence-corrected chi connectivity index (χ2v) is 4.57. The third kappa shape index (κ3) is 2.39. The topological polar surface area (TPSA) is 38.9 Å². The van der Waals surface area contributed by atoms with Crippen LogP contribution in [-0.2, 0) is 0 Å². The number of hydrogen-bond donors (Lipinski definition) is 1. The number of nitrogens with zero attached hydrogens (tertiary/aromatic N) is 1. The minimum atomic E-state index is -1.22. The van der Waals surface area contributed by atoms with Crippen molar-refractivity contribution in [1.29, 1.82) is 0 Å². The second kappa shape index (κ2) is 5.07. The van der Waals surface area contributed by atoms with Crippen LogP contribution >= 0.6 is 15.9 Å². The van der Waals surface area contributed by atoms with Crippen LogP contribution in [0.25, 0.3) is 0 Å². The van der Waals surface area contributed by atoms with Crippen LogP contribution < -0.4 is 5.73 Å². The molecule has 0 radical (unpaired) electrons. The van der Waals surface area contributed by atoms with Crippen molar-refractivity contribution in [2.24, 2.45) is 5.73 Å². The van der Waals surface area contributed by atoms with E-state index < -0.39 is 23.5 Å². The normalized spacial score (nSPS) is 12.5. The molecular weight excluding hydrogens is 309 g/mol. The number of nitrogens with two attached hydrogens (primary N) is 1. The van der Waals surface area contributed by atoms with E-state index in [9.17, 15) is 13.2 Å². The quantitative estimate of drug-likeness (QED) is 0.923. The largest absolute Gasteiger partial charge is 0.320 e. The first-order chi connectivity index (χ1) is 8.50. The average molecular weight is 317 g/mol. The van der Waals surface area contributed by atoms with Crippen molar-refractivity contribution in [2.45, 2.75) is 6.04 Å². The summed E-state index contributed by atoms with van der Waals surface area (Å²) < 4.78 is 41.1. The first kappa shape index (κ1) is 13.0. The van der Waals surface area contributed by atoms with E-state index in [4.69, 9.17) is 5.73 Å². The summed E-state index contributed by atoms with van der Waals surface area (Å²) >= 11 is 2.96. The number of benzene rings is 1. The van der Waals surface area contributed by atoms with Gasteiger partial charge in [-0.15, -0.1) is 0 Å². The number of pyridine rings is 1. The van der Waals surface area contributed by atoms with Gasteiger partial charge in [-0.1, -0.05) is 15.9 Å². The van der Waals surface area contributed by atoms with Gasteiger partial charge in [-0.25, -0.2) is 13.2 Å². The maximum absolute atomic E-state index is 13.7. The first-order valence-electron chi connectivity index (χ1n) is 5.00. The molecule has 94 valence electrons. The lowest BCUT2D eigenvalue weighted by Crippen LogP contribution is -2.17. The highest BCUT2D eigenvalue weighted by Gasteiger charge is 2.21. The zero-order valence-electron chi connectivity index (χ0n) is 9.00. The Morgan fingerprint density at radius 1 is 1.11 bits per heavy atom. The monoisotopic (exact) mass is 316 g/mol. The SMILES string of the molecule is NC(c1ccncc1F)c1c(F)cc(Br)cc1F. The lowest BCUT2D eigenvalue weighted by atomic mass is 9.99. The van der Waals surface area contributed by atoms with Crippen molar-refractivity contribution in [3.63, 3.8) is 0 Å². The number of hydrogen-bond acceptors (Lipinski definition) is 2. The summed E-state index contributed by atoms with van der Waals surface area (Å²) in [5.41, 5.74) is 5.32. The predicted octanol–water partition coefficient (Wildman–Crippen LogP) is 3.31. The van der Waals surface area contributed by atoms with E-state index in [2.05, 4.69) is 20.9 Å². The Balaban J connectivity index is 2.53. The highest BCUT2D eigenvalue weighted by Crippen LogP contribution is 2.28. The molecule has 0 aliphatic carbocycles. The minimum absolute atomic E-state index is 0.00915. The van der Waals surface area contributed by atoms with E-state index in [1.165, 1.54) is 12.3 Å². The zero-order chi connectivity index (χ0) is 13.3. The third-order valence-corrected chi connectivity index (χ3v) is 2.95. The molecule has 0 saturated heterocycles. The van der Waals surface area contributed by atoms with Gasteiger partial charge in [0.05, 0.1) is 12.2 Å². The molecule has 18 heavy (non-hydrogen) atoms. The molecule has 0 saturated carbocycles. The molecule has 0 aliphatic rings. The van der Waals surface area contributed by atoms with Crippen LogP contribution in [0.5, 0.6) is 0 Å². The van der Waals surface area contributed by atoms with Crippen molar-refractivity contribution in [3.8, 4) is 0 Å². The Kier molecular flexibility index (Phi) is 3.68. The van der Waals surface area contributed by atoms with Gasteiger partial charge in [0.25, 0.3) is 0 Å². The van der Waals surface area contributed by atoms with Crippen molar-refractivity contribution >= 4 is 15.9 Å². The Morgan fingerprint density at radius 2 is 1.72 bits per heavy atom. The van der Waals surface area contributed by atoms with E-state index >= 15 is 0 Å². The summed E-state index contributed by atoms with van der Waals surface area (Å²) in [6.45, 7) is 0. The summed E-state index contributed by atoms with van der Waals surface area (Å²) in [7, 11) is 0. The first-order valence-corrected chi connectivity index (χ1v) is 5.79. The van der Waals surface area contributed by atoms with Crippen molar-refractivity contribution in [2.75, 3.05) is 0 Å². The summed E-state index contributed by atoms with van der Waals surface area (Å²) in [5, 5.41) is 0. The molecule has 1 atom stereocenters. The molecule has 0 fully saturated rings. The maximum atomic E-state index is 13.7. The van der Waals surface area contributed by atoms with Crippen molar-refractivity contribution in [3.05, 3.63) is 63.6 Å². The van der Waals surface area contributed by atoms with Gasteiger partial charge in [0.2, 0.25) is 0 Å². The van der Waals surface area contributed by atoms with Gasteiger partial charge in [0.15, 0.2) is 0 Å². The fourth-order valence-corrected chi connectivity index (χ4v) is 2.05. The van der Waals surface area contributed by atoms with Gasteiger partial charge < -0.3 is 5.73 Å². The fourth-order valence-electron chi connectivity index (χ4n) is 1.64. The van der Waals surface area contributed by atoms with Gasteiger partial charge in [-0.05, 0) is 18.2 Å². The van der Waals surface area contributed by atoms with Gasteiger partial charge in [0.1, 0.15) is 17.5 Å². The standard InChI is InChI=1S/C12H8BrF3N2/c13-6-3-8(14)11(9(15)4-6)12(17)7-1-2-18-5-10(7)16/h1-5,12H,17H2. The van der Waals surface area contributed by atoms with Crippen LogP contribution in [0.2, 0.25) is 0 Å². The molecule has 0 bridgehead atoms. The predicted molar refractivity (Wildman–Crippen MR) is 64.3 cm³/mol. The minimum Gasteiger partial charge on any atom is -0.320 e. The van der Waals surface area contributed by atoms with E-state index in [-0.39, 0.29) is 15.6 Å². The van der Waals surface area contributed by atoms with Crippen LogP contribution in [0.4, 0.5) is 13.2 Å². The summed E-state index contributed by atoms with van der Waals surface area (Å²) in [6.07, 6.45) is 2.26. The molecule has 0 spiro atoms. The zero-order valence-corrected chi connectivity index (χ0v) is 10.6. The Morgan fingerprint density at radius 3 is 2.28 bits per heavy atom. The molecule has 0 amide bonds. The number of rotatable bonds is 2. The van der Waals surface area contributed by atoms with Crippen LogP contribution in [0.1, 0.15) is 17.2 Å². The van der Waals surface area contributed by atoms with E-state index in [1.807, 2.05) is 0 Å². The fraction of sp³-hybridized carbons (Fsp3) is 0.0833. The lowest BCUT2D eigenvalue weighted by Gasteiger charge is -2.15. The molecular formula is C12H8BrF3N2. The van der Waals surface area contributed by atoms with Crippen molar-refractivity contribution < 1.29 is 13.2 Å². The van der Waals surface area contributed by atoms with Crippen LogP contribution in [0, 0.1) is 17.5 Å². The molecule has 6 heteroatoms. The Labute approximate surface area is 110 Å². The summed E-state index contributed by atoms with van der Waals surface area (Å²) in [5.74, 6) is -2.36. The van der Waals surface area contributed by atoms with Gasteiger partial charge in [-0.3, -0.25) is 4.98 Å². The molecule has 2 aromatic rings. The summed E-state index contributed by atoms with van der Waals surface area (Å²) in [6, 6.07) is 2.23. The average Bonchev–Trinajstić information content (AvgIpc) is 2.27. The lowest BCUT2D eigenvalue weighted by molar-refractivity contribution is 0.530. The van der Waals surface area contributed by atoms with Gasteiger partial charge in [-0.2, -0.15) is 0 Å². The molecule has 1 unspecified atom stereocenters. The van der Waals surface area contributed by atoms with Crippen LogP contribution in [-0.4, -0.2) is 4.98 Å². The molecule has 2 nitrogen and oxygen atoms in total. The maximum Gasteiger partial charge on any atom is 0.146 e. The Bertz CT molecular complexity index is 566. The molecule has 1 aromatic heterocycles. The number of halogens is 4. The van der Waals surface area contributed by atoms with E-state index in [0.717, 1.165) is 18.3 Å². The second-order valence-electron chi connectivity index (χ2n) is 3.66. The van der Waals surface area contributed by atoms with Crippen LogP contribution in [0.15, 0.2) is 35.1 Å². The molecule has 1 heterocycles. The van der Waals surface area contributed by atoms with Gasteiger partial charge >= 0.3 is 0 Å². The molecule has 1 aromatic carbocycles. The molecule has 0 aliphatic heterocycles. The molecule has 2 rings (SSSR count). The van der Waals surface area contributed by atoms with E-state index in [0.29, 0.717) is 0 Å².